The SMILES string of the molecule is COCc1nc(Cl)cc(-n2nc(C)c(Cl)c2C)n1. The number of methoxy groups -OCH3 is 1. The van der Waals surface area contributed by atoms with E-state index in [1.807, 2.05) is 13.8 Å². The summed E-state index contributed by atoms with van der Waals surface area (Å²) in [5, 5.41) is 5.28. The monoisotopic (exact) mass is 286 g/mol. The number of halogens is 2. The molecule has 0 saturated carbocycles. The molecule has 0 atom stereocenters. The van der Waals surface area contributed by atoms with Crippen LogP contribution < -0.4 is 0 Å². The summed E-state index contributed by atoms with van der Waals surface area (Å²) in [4.78, 5) is 8.39. The van der Waals surface area contributed by atoms with Gasteiger partial charge in [0.25, 0.3) is 0 Å². The van der Waals surface area contributed by atoms with Gasteiger partial charge in [-0.15, -0.1) is 0 Å². The molecule has 0 aliphatic heterocycles. The molecule has 2 aromatic heterocycles. The van der Waals surface area contributed by atoms with Crippen molar-refractivity contribution >= 4 is 23.2 Å². The summed E-state index contributed by atoms with van der Waals surface area (Å²) in [6.07, 6.45) is 0. The van der Waals surface area contributed by atoms with Crippen LogP contribution in [0.3, 0.4) is 0 Å². The number of aromatic nitrogens is 4. The van der Waals surface area contributed by atoms with Gasteiger partial charge in [0, 0.05) is 13.2 Å². The maximum absolute atomic E-state index is 6.10. The zero-order valence-corrected chi connectivity index (χ0v) is 11.7. The van der Waals surface area contributed by atoms with E-state index < -0.39 is 0 Å². The van der Waals surface area contributed by atoms with Crippen LogP contribution in [0.15, 0.2) is 6.07 Å². The van der Waals surface area contributed by atoms with Crippen LogP contribution in [-0.2, 0) is 11.3 Å². The van der Waals surface area contributed by atoms with Crippen LogP contribution in [0.2, 0.25) is 10.2 Å². The quantitative estimate of drug-likeness (QED) is 0.814. The van der Waals surface area contributed by atoms with Gasteiger partial charge >= 0.3 is 0 Å². The smallest absolute Gasteiger partial charge is 0.159 e. The lowest BCUT2D eigenvalue weighted by atomic mass is 10.4. The number of nitrogens with zero attached hydrogens (tertiary/aromatic N) is 4. The van der Waals surface area contributed by atoms with Gasteiger partial charge in [0.2, 0.25) is 0 Å². The predicted octanol–water partition coefficient (Wildman–Crippen LogP) is 2.73. The minimum Gasteiger partial charge on any atom is -0.377 e. The second-order valence-electron chi connectivity index (χ2n) is 3.79. The van der Waals surface area contributed by atoms with Crippen molar-refractivity contribution in [1.29, 1.82) is 0 Å². The van der Waals surface area contributed by atoms with Crippen LogP contribution in [0.5, 0.6) is 0 Å². The predicted molar refractivity (Wildman–Crippen MR) is 69.4 cm³/mol. The van der Waals surface area contributed by atoms with E-state index in [1.165, 1.54) is 0 Å². The van der Waals surface area contributed by atoms with Gasteiger partial charge in [-0.05, 0) is 13.8 Å². The summed E-state index contributed by atoms with van der Waals surface area (Å²) in [6, 6.07) is 1.64. The third kappa shape index (κ3) is 2.48. The summed E-state index contributed by atoms with van der Waals surface area (Å²) in [5.74, 6) is 1.08. The Bertz CT molecular complexity index is 583. The molecule has 0 N–H and O–H groups in total. The van der Waals surface area contributed by atoms with Crippen molar-refractivity contribution in [2.45, 2.75) is 20.5 Å². The summed E-state index contributed by atoms with van der Waals surface area (Å²) < 4.78 is 6.64. The Balaban J connectivity index is 2.52. The number of rotatable bonds is 3. The normalized spacial score (nSPS) is 10.9. The van der Waals surface area contributed by atoms with E-state index in [4.69, 9.17) is 27.9 Å². The summed E-state index contributed by atoms with van der Waals surface area (Å²) in [7, 11) is 1.57. The second-order valence-corrected chi connectivity index (χ2v) is 4.56. The molecule has 0 aromatic carbocycles. The fraction of sp³-hybridized carbons (Fsp3) is 0.364. The molecule has 0 fully saturated rings. The van der Waals surface area contributed by atoms with E-state index in [0.717, 1.165) is 11.4 Å². The molecule has 0 spiro atoms. The van der Waals surface area contributed by atoms with Gasteiger partial charge in [0.1, 0.15) is 11.8 Å². The Hall–Kier alpha value is -1.17. The lowest BCUT2D eigenvalue weighted by Gasteiger charge is -2.06. The molecule has 18 heavy (non-hydrogen) atoms. The van der Waals surface area contributed by atoms with Gasteiger partial charge in [-0.2, -0.15) is 5.10 Å². The molecule has 2 rings (SSSR count). The summed E-state index contributed by atoms with van der Waals surface area (Å²) >= 11 is 12.1. The molecular weight excluding hydrogens is 275 g/mol. The summed E-state index contributed by atoms with van der Waals surface area (Å²) in [5.41, 5.74) is 1.56. The number of hydrogen-bond donors (Lipinski definition) is 0. The highest BCUT2D eigenvalue weighted by Crippen LogP contribution is 2.22. The lowest BCUT2D eigenvalue weighted by molar-refractivity contribution is 0.177. The number of aryl methyl sites for hydroxylation is 1. The van der Waals surface area contributed by atoms with E-state index in [-0.39, 0.29) is 0 Å². The topological polar surface area (TPSA) is 52.8 Å². The molecule has 0 aliphatic carbocycles. The van der Waals surface area contributed by atoms with Gasteiger partial charge in [-0.1, -0.05) is 23.2 Å². The van der Waals surface area contributed by atoms with Crippen molar-refractivity contribution in [3.05, 3.63) is 33.5 Å². The highest BCUT2D eigenvalue weighted by molar-refractivity contribution is 6.31. The van der Waals surface area contributed by atoms with Crippen LogP contribution in [-0.4, -0.2) is 26.9 Å². The first-order valence-electron chi connectivity index (χ1n) is 5.27. The largest absolute Gasteiger partial charge is 0.377 e. The molecule has 2 heterocycles. The minimum atomic E-state index is 0.292. The van der Waals surface area contributed by atoms with E-state index in [0.29, 0.717) is 28.4 Å². The Labute approximate surface area is 115 Å². The van der Waals surface area contributed by atoms with Crippen molar-refractivity contribution in [3.63, 3.8) is 0 Å². The first-order chi connectivity index (χ1) is 8.52. The molecule has 0 unspecified atom stereocenters. The van der Waals surface area contributed by atoms with Gasteiger partial charge in [-0.25, -0.2) is 14.6 Å². The summed E-state index contributed by atoms with van der Waals surface area (Å²) in [6.45, 7) is 4.00. The molecule has 5 nitrogen and oxygen atoms in total. The fourth-order valence-corrected chi connectivity index (χ4v) is 1.91. The van der Waals surface area contributed by atoms with E-state index in [2.05, 4.69) is 15.1 Å². The average molecular weight is 287 g/mol. The molecule has 96 valence electrons. The van der Waals surface area contributed by atoms with Gasteiger partial charge < -0.3 is 4.74 Å². The van der Waals surface area contributed by atoms with Crippen molar-refractivity contribution in [2.75, 3.05) is 7.11 Å². The molecular formula is C11H12Cl2N4O. The number of ether oxygens (including phenoxy) is 1. The first-order valence-corrected chi connectivity index (χ1v) is 6.03. The number of hydrogen-bond acceptors (Lipinski definition) is 4. The highest BCUT2D eigenvalue weighted by atomic mass is 35.5. The molecule has 0 aliphatic rings. The lowest BCUT2D eigenvalue weighted by Crippen LogP contribution is -2.06. The van der Waals surface area contributed by atoms with E-state index in [9.17, 15) is 0 Å². The molecule has 7 heteroatoms. The van der Waals surface area contributed by atoms with Crippen LogP contribution >= 0.6 is 23.2 Å². The maximum atomic E-state index is 6.10. The van der Waals surface area contributed by atoms with Crippen LogP contribution in [0, 0.1) is 13.8 Å². The average Bonchev–Trinajstić information content (AvgIpc) is 2.57. The molecule has 2 aromatic rings. The molecule has 0 radical (unpaired) electrons. The molecule has 0 amide bonds. The molecule has 0 bridgehead atoms. The van der Waals surface area contributed by atoms with Gasteiger partial charge in [0.15, 0.2) is 11.6 Å². The van der Waals surface area contributed by atoms with Crippen LogP contribution in [0.4, 0.5) is 0 Å². The Morgan fingerprint density at radius 1 is 1.28 bits per heavy atom. The van der Waals surface area contributed by atoms with Crippen LogP contribution in [0.1, 0.15) is 17.2 Å². The minimum absolute atomic E-state index is 0.292. The molecule has 0 saturated heterocycles. The van der Waals surface area contributed by atoms with E-state index in [1.54, 1.807) is 17.9 Å². The fourth-order valence-electron chi connectivity index (χ4n) is 1.60. The highest BCUT2D eigenvalue weighted by Gasteiger charge is 2.13. The Morgan fingerprint density at radius 3 is 2.56 bits per heavy atom. The zero-order valence-electron chi connectivity index (χ0n) is 10.2. The third-order valence-corrected chi connectivity index (χ3v) is 3.16. The Kier molecular flexibility index (Phi) is 3.85. The third-order valence-electron chi connectivity index (χ3n) is 2.42. The Morgan fingerprint density at radius 2 is 2.00 bits per heavy atom. The van der Waals surface area contributed by atoms with Gasteiger partial charge in [-0.3, -0.25) is 0 Å². The van der Waals surface area contributed by atoms with Gasteiger partial charge in [0.05, 0.1) is 16.4 Å². The standard InChI is InChI=1S/C11H12Cl2N4O/c1-6-11(13)7(2)17(16-6)10-4-8(12)14-9(15-10)5-18-3/h4H,5H2,1-3H3. The first kappa shape index (κ1) is 13.3. The van der Waals surface area contributed by atoms with Crippen molar-refractivity contribution in [2.24, 2.45) is 0 Å². The van der Waals surface area contributed by atoms with Crippen molar-refractivity contribution < 1.29 is 4.74 Å². The van der Waals surface area contributed by atoms with Crippen molar-refractivity contribution in [1.82, 2.24) is 19.7 Å². The zero-order chi connectivity index (χ0) is 13.3. The van der Waals surface area contributed by atoms with Crippen molar-refractivity contribution in [3.8, 4) is 5.82 Å². The van der Waals surface area contributed by atoms with Crippen LogP contribution in [0.25, 0.3) is 5.82 Å². The van der Waals surface area contributed by atoms with E-state index >= 15 is 0 Å². The second kappa shape index (κ2) is 5.22. The maximum Gasteiger partial charge on any atom is 0.159 e.